The van der Waals surface area contributed by atoms with E-state index in [1.54, 1.807) is 13.8 Å². The van der Waals surface area contributed by atoms with Crippen molar-refractivity contribution in [2.45, 2.75) is 38.4 Å². The van der Waals surface area contributed by atoms with Crippen molar-refractivity contribution < 1.29 is 33.8 Å². The Morgan fingerprint density at radius 1 is 1.27 bits per heavy atom. The third kappa shape index (κ3) is 3.30. The van der Waals surface area contributed by atoms with Gasteiger partial charge in [-0.1, -0.05) is 0 Å². The molecule has 1 fully saturated rings. The van der Waals surface area contributed by atoms with Gasteiger partial charge in [-0.3, -0.25) is 18.9 Å². The molecule has 11 nitrogen and oxygen atoms in total. The van der Waals surface area contributed by atoms with E-state index in [1.165, 1.54) is 0 Å². The number of nitrogens with zero attached hydrogens (tertiary/aromatic N) is 1. The maximum atomic E-state index is 12.3. The number of aliphatic hydroxyl groups is 2. The lowest BCUT2D eigenvalue weighted by Gasteiger charge is -2.18. The highest BCUT2D eigenvalue weighted by Crippen LogP contribution is 2.39. The lowest BCUT2D eigenvalue weighted by Crippen LogP contribution is -2.38. The molecule has 0 saturated carbocycles. The minimum Gasteiger partial charge on any atom is -0.387 e. The number of hydrogen-bond acceptors (Lipinski definition) is 8. The van der Waals surface area contributed by atoms with Gasteiger partial charge in [-0.25, -0.2) is 9.36 Å². The van der Waals surface area contributed by atoms with Crippen LogP contribution in [0.5, 0.6) is 0 Å². The van der Waals surface area contributed by atoms with Gasteiger partial charge in [0.1, 0.15) is 23.1 Å². The van der Waals surface area contributed by atoms with E-state index in [1.807, 2.05) is 0 Å². The van der Waals surface area contributed by atoms with Crippen molar-refractivity contribution in [2.24, 2.45) is 0 Å². The number of aromatic amines is 1. The van der Waals surface area contributed by atoms with E-state index < -0.39 is 50.2 Å². The maximum absolute atomic E-state index is 12.3. The van der Waals surface area contributed by atoms with Crippen molar-refractivity contribution >= 4 is 29.4 Å². The molecule has 0 bridgehead atoms. The lowest BCUT2D eigenvalue weighted by molar-refractivity contribution is -0.0518. The van der Waals surface area contributed by atoms with Crippen LogP contribution in [0.25, 0.3) is 10.2 Å². The highest BCUT2D eigenvalue weighted by Gasteiger charge is 2.45. The molecule has 26 heavy (non-hydrogen) atoms. The SMILES string of the molecule is Cc1sc2c(c1C)c(=O)[nH]c(=O)n2[C@@H]1O[C@H](COP(=O)(O)O)[C@@H](O)[C@H]1O. The standard InChI is InChI=1S/C13H17N2O9PS/c1-4-5(2)26-12-7(4)10(18)14-13(19)15(12)11-9(17)8(16)6(24-11)3-23-25(20,21)22/h6,8-9,11,16-17H,3H2,1-2H3,(H,14,18,19)(H2,20,21,22)/t6-,8-,9-,11-/m1/s1. The number of thiophene rings is 1. The number of aromatic nitrogens is 2. The summed E-state index contributed by atoms with van der Waals surface area (Å²) < 4.78 is 21.6. The molecule has 1 aliphatic heterocycles. The van der Waals surface area contributed by atoms with Gasteiger partial charge in [-0.2, -0.15) is 0 Å². The van der Waals surface area contributed by atoms with Crippen molar-refractivity contribution in [1.29, 1.82) is 0 Å². The molecule has 5 N–H and O–H groups in total. The van der Waals surface area contributed by atoms with E-state index in [2.05, 4.69) is 9.51 Å². The summed E-state index contributed by atoms with van der Waals surface area (Å²) in [5.41, 5.74) is -0.733. The van der Waals surface area contributed by atoms with Crippen molar-refractivity contribution in [2.75, 3.05) is 6.61 Å². The molecule has 2 aromatic heterocycles. The first-order chi connectivity index (χ1) is 12.0. The van der Waals surface area contributed by atoms with Gasteiger partial charge < -0.3 is 24.7 Å². The van der Waals surface area contributed by atoms with Crippen molar-refractivity contribution in [3.8, 4) is 0 Å². The number of phosphoric acid groups is 1. The fourth-order valence-corrected chi connectivity index (χ4v) is 4.36. The number of phosphoric ester groups is 1. The van der Waals surface area contributed by atoms with E-state index in [0.717, 1.165) is 20.8 Å². The summed E-state index contributed by atoms with van der Waals surface area (Å²) in [5.74, 6) is 0. The van der Waals surface area contributed by atoms with Gasteiger partial charge in [-0.15, -0.1) is 11.3 Å². The molecular formula is C13H17N2O9PS. The summed E-state index contributed by atoms with van der Waals surface area (Å²) in [5, 5.41) is 20.6. The average molecular weight is 408 g/mol. The van der Waals surface area contributed by atoms with E-state index >= 15 is 0 Å². The average Bonchev–Trinajstić information content (AvgIpc) is 2.96. The zero-order chi connectivity index (χ0) is 19.4. The van der Waals surface area contributed by atoms with E-state index in [9.17, 15) is 24.4 Å². The third-order valence-corrected chi connectivity index (χ3v) is 5.94. The Morgan fingerprint density at radius 2 is 1.92 bits per heavy atom. The van der Waals surface area contributed by atoms with E-state index in [0.29, 0.717) is 5.56 Å². The first-order valence-corrected chi connectivity index (χ1v) is 9.82. The number of hydrogen-bond donors (Lipinski definition) is 5. The van der Waals surface area contributed by atoms with Crippen LogP contribution in [0.4, 0.5) is 0 Å². The van der Waals surface area contributed by atoms with Gasteiger partial charge in [0.2, 0.25) is 0 Å². The Hall–Kier alpha value is -1.37. The van der Waals surface area contributed by atoms with Crippen LogP contribution in [-0.4, -0.2) is 54.5 Å². The molecule has 1 saturated heterocycles. The predicted octanol–water partition coefficient (Wildman–Crippen LogP) is -0.903. The largest absolute Gasteiger partial charge is 0.469 e. The maximum Gasteiger partial charge on any atom is 0.469 e. The normalized spacial score (nSPS) is 26.7. The molecule has 0 aromatic carbocycles. The molecule has 0 unspecified atom stereocenters. The molecule has 13 heteroatoms. The van der Waals surface area contributed by atoms with Crippen LogP contribution < -0.4 is 11.2 Å². The van der Waals surface area contributed by atoms with E-state index in [-0.39, 0.29) is 10.2 Å². The molecule has 2 aromatic rings. The van der Waals surface area contributed by atoms with Crippen LogP contribution >= 0.6 is 19.2 Å². The number of ether oxygens (including phenoxy) is 1. The van der Waals surface area contributed by atoms with Crippen LogP contribution in [0, 0.1) is 13.8 Å². The van der Waals surface area contributed by atoms with Crippen LogP contribution in [0.3, 0.4) is 0 Å². The fraction of sp³-hybridized carbons (Fsp3) is 0.538. The monoisotopic (exact) mass is 408 g/mol. The van der Waals surface area contributed by atoms with Gasteiger partial charge in [-0.05, 0) is 19.4 Å². The highest BCUT2D eigenvalue weighted by molar-refractivity contribution is 7.46. The molecule has 3 heterocycles. The number of nitrogens with one attached hydrogen (secondary N) is 1. The minimum absolute atomic E-state index is 0.265. The predicted molar refractivity (Wildman–Crippen MR) is 90.1 cm³/mol. The molecule has 0 aliphatic carbocycles. The Balaban J connectivity index is 2.04. The highest BCUT2D eigenvalue weighted by atomic mass is 32.1. The van der Waals surface area contributed by atoms with Crippen LogP contribution in [-0.2, 0) is 13.8 Å². The number of fused-ring (bicyclic) bond motifs is 1. The van der Waals surface area contributed by atoms with Crippen molar-refractivity contribution in [1.82, 2.24) is 9.55 Å². The summed E-state index contributed by atoms with van der Waals surface area (Å²) in [4.78, 5) is 45.1. The summed E-state index contributed by atoms with van der Waals surface area (Å²) >= 11 is 1.16. The molecular weight excluding hydrogens is 391 g/mol. The second-order valence-electron chi connectivity index (χ2n) is 5.93. The molecule has 0 radical (unpaired) electrons. The quantitative estimate of drug-likeness (QED) is 0.402. The first kappa shape index (κ1) is 19.4. The van der Waals surface area contributed by atoms with Crippen LogP contribution in [0.1, 0.15) is 16.7 Å². The smallest absolute Gasteiger partial charge is 0.387 e. The molecule has 0 spiro atoms. The number of aryl methyl sites for hydroxylation is 2. The molecule has 3 rings (SSSR count). The lowest BCUT2D eigenvalue weighted by atomic mass is 10.1. The van der Waals surface area contributed by atoms with Gasteiger partial charge >= 0.3 is 13.5 Å². The van der Waals surface area contributed by atoms with Gasteiger partial charge in [0.15, 0.2) is 6.23 Å². The summed E-state index contributed by atoms with van der Waals surface area (Å²) in [6, 6.07) is 0. The van der Waals surface area contributed by atoms with Crippen LogP contribution in [0.15, 0.2) is 9.59 Å². The van der Waals surface area contributed by atoms with Gasteiger partial charge in [0.05, 0.1) is 12.0 Å². The van der Waals surface area contributed by atoms with Gasteiger partial charge in [0.25, 0.3) is 5.56 Å². The summed E-state index contributed by atoms with van der Waals surface area (Å²) in [6.45, 7) is 2.80. The first-order valence-electron chi connectivity index (χ1n) is 7.47. The van der Waals surface area contributed by atoms with Gasteiger partial charge in [0, 0.05) is 4.88 Å². The second-order valence-corrected chi connectivity index (χ2v) is 8.37. The summed E-state index contributed by atoms with van der Waals surface area (Å²) in [6.07, 6.45) is -5.77. The number of H-pyrrole nitrogens is 1. The Kier molecular flexibility index (Phi) is 4.97. The fourth-order valence-electron chi connectivity index (χ4n) is 2.84. The zero-order valence-electron chi connectivity index (χ0n) is 13.6. The number of aliphatic hydroxyl groups excluding tert-OH is 2. The zero-order valence-corrected chi connectivity index (χ0v) is 15.4. The van der Waals surface area contributed by atoms with Crippen LogP contribution in [0.2, 0.25) is 0 Å². The third-order valence-electron chi connectivity index (χ3n) is 4.25. The number of rotatable bonds is 4. The minimum atomic E-state index is -4.80. The molecule has 4 atom stereocenters. The Morgan fingerprint density at radius 3 is 2.54 bits per heavy atom. The van der Waals surface area contributed by atoms with E-state index in [4.69, 9.17) is 14.5 Å². The summed E-state index contributed by atoms with van der Waals surface area (Å²) in [7, 11) is -4.80. The Labute approximate surface area is 149 Å². The van der Waals surface area contributed by atoms with Crippen molar-refractivity contribution in [3.63, 3.8) is 0 Å². The second kappa shape index (κ2) is 6.66. The molecule has 0 amide bonds. The van der Waals surface area contributed by atoms with Crippen molar-refractivity contribution in [3.05, 3.63) is 31.3 Å². The Bertz CT molecular complexity index is 1010. The topological polar surface area (TPSA) is 171 Å². The molecule has 144 valence electrons. The molecule has 1 aliphatic rings.